The van der Waals surface area contributed by atoms with Gasteiger partial charge in [-0.1, -0.05) is 0 Å². The highest BCUT2D eigenvalue weighted by Crippen LogP contribution is 2.41. The van der Waals surface area contributed by atoms with Crippen LogP contribution in [0.5, 0.6) is 0 Å². The number of nitrogens with zero attached hydrogens (tertiary/aromatic N) is 2. The first-order valence-corrected chi connectivity index (χ1v) is 5.47. The van der Waals surface area contributed by atoms with Crippen molar-refractivity contribution in [3.05, 3.63) is 11.1 Å². The molecule has 0 unspecified atom stereocenters. The Morgan fingerprint density at radius 3 is 2.76 bits per heavy atom. The molecule has 3 atom stereocenters. The number of methoxy groups -OCH3 is 1. The summed E-state index contributed by atoms with van der Waals surface area (Å²) in [4.78, 5) is 11.6. The van der Waals surface area contributed by atoms with Gasteiger partial charge in [-0.05, 0) is 24.8 Å². The minimum absolute atomic E-state index is 0.0477. The molecule has 0 aromatic rings. The topological polar surface area (TPSA) is 83.1 Å². The number of hydrogen-bond acceptors (Lipinski definition) is 5. The number of carbonyl (C=O) groups is 1. The highest BCUT2D eigenvalue weighted by molar-refractivity contribution is 5.74. The lowest BCUT2D eigenvalue weighted by atomic mass is 9.92. The summed E-state index contributed by atoms with van der Waals surface area (Å²) in [5, 5.41) is 17.8. The largest absolute Gasteiger partial charge is 0.469 e. The lowest BCUT2D eigenvalue weighted by Crippen LogP contribution is -2.29. The third-order valence-electron chi connectivity index (χ3n) is 3.35. The van der Waals surface area contributed by atoms with Gasteiger partial charge in [-0.15, -0.1) is 0 Å². The Bertz CT molecular complexity index is 439. The lowest BCUT2D eigenvalue weighted by Gasteiger charge is -2.24. The molecule has 2 bridgehead atoms. The summed E-state index contributed by atoms with van der Waals surface area (Å²) in [6.07, 6.45) is 1.62. The van der Waals surface area contributed by atoms with Crippen LogP contribution in [0.1, 0.15) is 19.3 Å². The van der Waals surface area contributed by atoms with Crippen LogP contribution in [-0.2, 0) is 14.3 Å². The SMILES string of the molecule is COC(=O)[C@H]1C[C@@H]2CCC(=C(C#N)C#N)[C@H]1O2. The van der Waals surface area contributed by atoms with E-state index in [4.69, 9.17) is 20.0 Å². The Morgan fingerprint density at radius 1 is 1.47 bits per heavy atom. The Morgan fingerprint density at radius 2 is 2.18 bits per heavy atom. The molecule has 2 rings (SSSR count). The molecule has 2 aliphatic rings. The highest BCUT2D eigenvalue weighted by atomic mass is 16.5. The van der Waals surface area contributed by atoms with E-state index in [1.54, 1.807) is 0 Å². The Hall–Kier alpha value is -1.85. The van der Waals surface area contributed by atoms with E-state index < -0.39 is 6.10 Å². The molecular formula is C12H12N2O3. The van der Waals surface area contributed by atoms with Gasteiger partial charge in [0.15, 0.2) is 0 Å². The van der Waals surface area contributed by atoms with Crippen LogP contribution >= 0.6 is 0 Å². The van der Waals surface area contributed by atoms with Crippen LogP contribution in [0.3, 0.4) is 0 Å². The zero-order valence-corrected chi connectivity index (χ0v) is 9.47. The zero-order valence-electron chi connectivity index (χ0n) is 9.47. The molecule has 0 aromatic heterocycles. The number of allylic oxidation sites excluding steroid dienone is 1. The predicted molar refractivity (Wildman–Crippen MR) is 56.3 cm³/mol. The number of carbonyl (C=O) groups excluding carboxylic acids is 1. The minimum atomic E-state index is -0.449. The lowest BCUT2D eigenvalue weighted by molar-refractivity contribution is -0.146. The quantitative estimate of drug-likeness (QED) is 0.498. The summed E-state index contributed by atoms with van der Waals surface area (Å²) >= 11 is 0. The van der Waals surface area contributed by atoms with Crippen molar-refractivity contribution in [2.45, 2.75) is 31.5 Å². The second-order valence-corrected chi connectivity index (χ2v) is 4.21. The third kappa shape index (κ3) is 1.90. The molecule has 0 aliphatic carbocycles. The molecule has 2 heterocycles. The fourth-order valence-corrected chi connectivity index (χ4v) is 2.54. The molecule has 0 saturated carbocycles. The summed E-state index contributed by atoms with van der Waals surface area (Å²) in [6.45, 7) is 0. The van der Waals surface area contributed by atoms with Crippen LogP contribution in [0.4, 0.5) is 0 Å². The third-order valence-corrected chi connectivity index (χ3v) is 3.35. The fraction of sp³-hybridized carbons (Fsp3) is 0.583. The minimum Gasteiger partial charge on any atom is -0.469 e. The van der Waals surface area contributed by atoms with E-state index in [1.165, 1.54) is 7.11 Å². The predicted octanol–water partition coefficient (Wildman–Crippen LogP) is 1.07. The van der Waals surface area contributed by atoms with Crippen LogP contribution < -0.4 is 0 Å². The summed E-state index contributed by atoms with van der Waals surface area (Å²) in [5.74, 6) is -0.702. The maximum Gasteiger partial charge on any atom is 0.311 e. The van der Waals surface area contributed by atoms with E-state index in [-0.39, 0.29) is 23.6 Å². The second-order valence-electron chi connectivity index (χ2n) is 4.21. The van der Waals surface area contributed by atoms with Crippen molar-refractivity contribution in [1.82, 2.24) is 0 Å². The monoisotopic (exact) mass is 232 g/mol. The average molecular weight is 232 g/mol. The van der Waals surface area contributed by atoms with Crippen molar-refractivity contribution >= 4 is 5.97 Å². The summed E-state index contributed by atoms with van der Waals surface area (Å²) < 4.78 is 10.4. The van der Waals surface area contributed by atoms with E-state index in [1.807, 2.05) is 12.1 Å². The van der Waals surface area contributed by atoms with Crippen molar-refractivity contribution in [2.75, 3.05) is 7.11 Å². The van der Waals surface area contributed by atoms with Gasteiger partial charge in [-0.2, -0.15) is 10.5 Å². The number of nitriles is 2. The standard InChI is InChI=1S/C12H12N2O3/c1-16-12(15)10-4-8-2-3-9(11(10)17-8)7(5-13)6-14/h8,10-11H,2-4H2,1H3/t8-,10-,11+/m0/s1. The van der Waals surface area contributed by atoms with Crippen molar-refractivity contribution in [2.24, 2.45) is 5.92 Å². The van der Waals surface area contributed by atoms with Crippen LogP contribution in [0, 0.1) is 28.6 Å². The van der Waals surface area contributed by atoms with Crippen LogP contribution in [0.2, 0.25) is 0 Å². The van der Waals surface area contributed by atoms with E-state index >= 15 is 0 Å². The van der Waals surface area contributed by atoms with Gasteiger partial charge in [0.2, 0.25) is 0 Å². The first kappa shape index (κ1) is 11.6. The van der Waals surface area contributed by atoms with Gasteiger partial charge in [-0.25, -0.2) is 0 Å². The number of rotatable bonds is 1. The van der Waals surface area contributed by atoms with Crippen molar-refractivity contribution in [3.8, 4) is 12.1 Å². The summed E-state index contributed by atoms with van der Waals surface area (Å²) in [5.41, 5.74) is 0.725. The number of hydrogen-bond donors (Lipinski definition) is 0. The van der Waals surface area contributed by atoms with Gasteiger partial charge in [0, 0.05) is 0 Å². The Balaban J connectivity index is 2.34. The van der Waals surface area contributed by atoms with Gasteiger partial charge in [0.1, 0.15) is 17.7 Å². The maximum atomic E-state index is 11.6. The second kappa shape index (κ2) is 4.57. The average Bonchev–Trinajstić information content (AvgIpc) is 2.70. The molecule has 2 fully saturated rings. The fourth-order valence-electron chi connectivity index (χ4n) is 2.54. The van der Waals surface area contributed by atoms with Crippen LogP contribution in [0.15, 0.2) is 11.1 Å². The maximum absolute atomic E-state index is 11.6. The number of fused-ring (bicyclic) bond motifs is 2. The van der Waals surface area contributed by atoms with Gasteiger partial charge in [-0.3, -0.25) is 4.79 Å². The van der Waals surface area contributed by atoms with E-state index in [9.17, 15) is 4.79 Å². The molecule has 0 radical (unpaired) electrons. The first-order chi connectivity index (χ1) is 8.21. The van der Waals surface area contributed by atoms with Crippen LogP contribution in [-0.4, -0.2) is 25.3 Å². The molecule has 0 spiro atoms. The first-order valence-electron chi connectivity index (χ1n) is 5.47. The Kier molecular flexibility index (Phi) is 3.12. The van der Waals surface area contributed by atoms with Gasteiger partial charge < -0.3 is 9.47 Å². The summed E-state index contributed by atoms with van der Waals surface area (Å²) in [6, 6.07) is 3.74. The molecule has 5 nitrogen and oxygen atoms in total. The molecule has 88 valence electrons. The van der Waals surface area contributed by atoms with Gasteiger partial charge in [0.05, 0.1) is 25.2 Å². The molecule has 0 aromatic carbocycles. The summed E-state index contributed by atoms with van der Waals surface area (Å²) in [7, 11) is 1.34. The highest BCUT2D eigenvalue weighted by Gasteiger charge is 2.46. The van der Waals surface area contributed by atoms with Gasteiger partial charge >= 0.3 is 5.97 Å². The number of esters is 1. The normalized spacial score (nSPS) is 30.3. The van der Waals surface area contributed by atoms with E-state index in [0.717, 1.165) is 6.42 Å². The smallest absolute Gasteiger partial charge is 0.311 e. The molecule has 0 N–H and O–H groups in total. The number of ether oxygens (including phenoxy) is 2. The van der Waals surface area contributed by atoms with Crippen molar-refractivity contribution < 1.29 is 14.3 Å². The van der Waals surface area contributed by atoms with E-state index in [0.29, 0.717) is 18.4 Å². The molecule has 2 saturated heterocycles. The van der Waals surface area contributed by atoms with E-state index in [2.05, 4.69) is 0 Å². The van der Waals surface area contributed by atoms with Crippen molar-refractivity contribution in [1.29, 1.82) is 10.5 Å². The Labute approximate surface area is 99.2 Å². The molecule has 2 aliphatic heterocycles. The zero-order chi connectivity index (χ0) is 12.4. The van der Waals surface area contributed by atoms with Crippen LogP contribution in [0.25, 0.3) is 0 Å². The molecular weight excluding hydrogens is 220 g/mol. The molecule has 0 amide bonds. The van der Waals surface area contributed by atoms with Crippen molar-refractivity contribution in [3.63, 3.8) is 0 Å². The molecule has 5 heteroatoms. The van der Waals surface area contributed by atoms with Gasteiger partial charge in [0.25, 0.3) is 0 Å². The molecule has 17 heavy (non-hydrogen) atoms.